The average Bonchev–Trinajstić information content (AvgIpc) is 3.25. The van der Waals surface area contributed by atoms with Crippen LogP contribution in [-0.4, -0.2) is 23.2 Å². The van der Waals surface area contributed by atoms with Crippen molar-refractivity contribution >= 4 is 11.6 Å². The fourth-order valence-electron chi connectivity index (χ4n) is 3.20. The van der Waals surface area contributed by atoms with Crippen molar-refractivity contribution in [2.24, 2.45) is 0 Å². The minimum Gasteiger partial charge on any atom is -0.496 e. The molecular weight excluding hydrogens is 362 g/mol. The Hall–Kier alpha value is -3.86. The number of benzene rings is 3. The van der Waals surface area contributed by atoms with Gasteiger partial charge >= 0.3 is 0 Å². The number of hydrogen-bond donors (Lipinski definition) is 2. The molecule has 0 radical (unpaired) electrons. The van der Waals surface area contributed by atoms with Gasteiger partial charge in [-0.2, -0.15) is 5.10 Å². The number of H-pyrrole nitrogens is 1. The minimum atomic E-state index is -0.0677. The molecule has 4 aromatic rings. The van der Waals surface area contributed by atoms with Gasteiger partial charge in [0.2, 0.25) is 5.91 Å². The van der Waals surface area contributed by atoms with E-state index in [9.17, 15) is 4.79 Å². The molecule has 0 fully saturated rings. The van der Waals surface area contributed by atoms with E-state index in [0.29, 0.717) is 17.9 Å². The zero-order chi connectivity index (χ0) is 20.1. The van der Waals surface area contributed by atoms with E-state index in [1.165, 1.54) is 0 Å². The van der Waals surface area contributed by atoms with Crippen LogP contribution >= 0.6 is 0 Å². The highest BCUT2D eigenvalue weighted by Gasteiger charge is 2.13. The summed E-state index contributed by atoms with van der Waals surface area (Å²) in [6, 6.07) is 27.2. The molecule has 0 spiro atoms. The summed E-state index contributed by atoms with van der Waals surface area (Å²) in [5, 5.41) is 10.5. The summed E-state index contributed by atoms with van der Waals surface area (Å²) < 4.78 is 5.51. The SMILES string of the molecule is COc1ccc(NC(=O)Cc2ccccc2)cc1-c1cc(-c2ccccc2)n[nH]1. The number of rotatable bonds is 6. The maximum atomic E-state index is 12.4. The number of anilines is 1. The zero-order valence-electron chi connectivity index (χ0n) is 16.1. The number of ether oxygens (including phenoxy) is 1. The van der Waals surface area contributed by atoms with Gasteiger partial charge in [-0.3, -0.25) is 9.89 Å². The summed E-state index contributed by atoms with van der Waals surface area (Å²) in [5.41, 5.74) is 5.21. The Kier molecular flexibility index (Phi) is 5.38. The molecule has 2 N–H and O–H groups in total. The van der Waals surface area contributed by atoms with Crippen molar-refractivity contribution in [2.45, 2.75) is 6.42 Å². The van der Waals surface area contributed by atoms with Crippen LogP contribution in [0.4, 0.5) is 5.69 Å². The number of nitrogens with zero attached hydrogens (tertiary/aromatic N) is 1. The number of methoxy groups -OCH3 is 1. The monoisotopic (exact) mass is 383 g/mol. The van der Waals surface area contributed by atoms with Crippen molar-refractivity contribution < 1.29 is 9.53 Å². The molecule has 4 rings (SSSR count). The molecule has 0 aliphatic rings. The van der Waals surface area contributed by atoms with Crippen LogP contribution in [0.1, 0.15) is 5.56 Å². The molecule has 0 unspecified atom stereocenters. The zero-order valence-corrected chi connectivity index (χ0v) is 16.1. The molecule has 0 bridgehead atoms. The number of hydrogen-bond acceptors (Lipinski definition) is 3. The van der Waals surface area contributed by atoms with Crippen molar-refractivity contribution in [3.8, 4) is 28.3 Å². The second-order valence-corrected chi connectivity index (χ2v) is 6.66. The molecule has 3 aromatic carbocycles. The molecule has 1 heterocycles. The Labute approximate surface area is 169 Å². The molecule has 0 atom stereocenters. The molecule has 1 aromatic heterocycles. The van der Waals surface area contributed by atoms with Crippen molar-refractivity contribution in [3.63, 3.8) is 0 Å². The summed E-state index contributed by atoms with van der Waals surface area (Å²) in [6.07, 6.45) is 0.324. The minimum absolute atomic E-state index is 0.0677. The fraction of sp³-hybridized carbons (Fsp3) is 0.0833. The van der Waals surface area contributed by atoms with Crippen LogP contribution in [0.5, 0.6) is 5.75 Å². The third-order valence-electron chi connectivity index (χ3n) is 4.63. The van der Waals surface area contributed by atoms with E-state index in [1.54, 1.807) is 7.11 Å². The first-order valence-corrected chi connectivity index (χ1v) is 9.36. The Balaban J connectivity index is 1.57. The lowest BCUT2D eigenvalue weighted by Crippen LogP contribution is -2.14. The number of carbonyl (C=O) groups is 1. The van der Waals surface area contributed by atoms with E-state index < -0.39 is 0 Å². The van der Waals surface area contributed by atoms with E-state index in [1.807, 2.05) is 84.9 Å². The Morgan fingerprint density at radius 3 is 2.41 bits per heavy atom. The fourth-order valence-corrected chi connectivity index (χ4v) is 3.20. The Morgan fingerprint density at radius 2 is 1.69 bits per heavy atom. The van der Waals surface area contributed by atoms with Crippen LogP contribution < -0.4 is 10.1 Å². The summed E-state index contributed by atoms with van der Waals surface area (Å²) in [7, 11) is 1.63. The van der Waals surface area contributed by atoms with Crippen molar-refractivity contribution in [2.75, 3.05) is 12.4 Å². The van der Waals surface area contributed by atoms with Crippen LogP contribution in [0.15, 0.2) is 84.9 Å². The predicted octanol–water partition coefficient (Wildman–Crippen LogP) is 4.93. The summed E-state index contributed by atoms with van der Waals surface area (Å²) in [5.74, 6) is 0.635. The molecular formula is C24H21N3O2. The van der Waals surface area contributed by atoms with Crippen molar-refractivity contribution in [1.82, 2.24) is 10.2 Å². The van der Waals surface area contributed by atoms with E-state index >= 15 is 0 Å². The molecule has 5 heteroatoms. The van der Waals surface area contributed by atoms with Crippen LogP contribution in [0.25, 0.3) is 22.5 Å². The molecule has 1 amide bonds. The largest absolute Gasteiger partial charge is 0.496 e. The first kappa shape index (κ1) is 18.5. The molecule has 5 nitrogen and oxygen atoms in total. The molecule has 144 valence electrons. The van der Waals surface area contributed by atoms with Gasteiger partial charge in [-0.05, 0) is 29.8 Å². The van der Waals surface area contributed by atoms with Gasteiger partial charge in [0.1, 0.15) is 5.75 Å². The predicted molar refractivity (Wildman–Crippen MR) is 115 cm³/mol. The first-order valence-electron chi connectivity index (χ1n) is 9.36. The summed E-state index contributed by atoms with van der Waals surface area (Å²) in [4.78, 5) is 12.4. The number of amides is 1. The van der Waals surface area contributed by atoms with Gasteiger partial charge in [0.05, 0.1) is 24.9 Å². The van der Waals surface area contributed by atoms with E-state index in [2.05, 4.69) is 15.5 Å². The van der Waals surface area contributed by atoms with Gasteiger partial charge in [-0.15, -0.1) is 0 Å². The third-order valence-corrected chi connectivity index (χ3v) is 4.63. The topological polar surface area (TPSA) is 67.0 Å². The second kappa shape index (κ2) is 8.44. The van der Waals surface area contributed by atoms with Gasteiger partial charge in [0.25, 0.3) is 0 Å². The van der Waals surface area contributed by atoms with Crippen molar-refractivity contribution in [3.05, 3.63) is 90.5 Å². The van der Waals surface area contributed by atoms with E-state index in [-0.39, 0.29) is 5.91 Å². The quantitative estimate of drug-likeness (QED) is 0.496. The second-order valence-electron chi connectivity index (χ2n) is 6.66. The lowest BCUT2D eigenvalue weighted by molar-refractivity contribution is -0.115. The van der Waals surface area contributed by atoms with Crippen LogP contribution in [0.2, 0.25) is 0 Å². The first-order chi connectivity index (χ1) is 14.2. The van der Waals surface area contributed by atoms with Crippen LogP contribution in [0.3, 0.4) is 0 Å². The highest BCUT2D eigenvalue weighted by atomic mass is 16.5. The Morgan fingerprint density at radius 1 is 0.966 bits per heavy atom. The van der Waals surface area contributed by atoms with E-state index in [4.69, 9.17) is 4.74 Å². The highest BCUT2D eigenvalue weighted by molar-refractivity contribution is 5.93. The maximum absolute atomic E-state index is 12.4. The van der Waals surface area contributed by atoms with Crippen molar-refractivity contribution in [1.29, 1.82) is 0 Å². The number of aromatic nitrogens is 2. The number of carbonyl (C=O) groups excluding carboxylic acids is 1. The van der Waals surface area contributed by atoms with Gasteiger partial charge in [0, 0.05) is 16.8 Å². The lowest BCUT2D eigenvalue weighted by Gasteiger charge is -2.11. The molecule has 0 aliphatic carbocycles. The standard InChI is InChI=1S/C24H21N3O2/c1-29-23-13-12-19(25-24(28)14-17-8-4-2-5-9-17)15-20(23)22-16-21(26-27-22)18-10-6-3-7-11-18/h2-13,15-16H,14H2,1H3,(H,25,28)(H,26,27). The molecule has 0 saturated carbocycles. The average molecular weight is 383 g/mol. The van der Waals surface area contributed by atoms with Crippen LogP contribution in [-0.2, 0) is 11.2 Å². The molecule has 0 aliphatic heterocycles. The summed E-state index contributed by atoms with van der Waals surface area (Å²) in [6.45, 7) is 0. The van der Waals surface area contributed by atoms with Crippen LogP contribution in [0, 0.1) is 0 Å². The third kappa shape index (κ3) is 4.35. The van der Waals surface area contributed by atoms with Gasteiger partial charge < -0.3 is 10.1 Å². The molecule has 0 saturated heterocycles. The smallest absolute Gasteiger partial charge is 0.228 e. The Bertz CT molecular complexity index is 1110. The maximum Gasteiger partial charge on any atom is 0.228 e. The van der Waals surface area contributed by atoms with E-state index in [0.717, 1.165) is 28.1 Å². The van der Waals surface area contributed by atoms with Gasteiger partial charge in [-0.25, -0.2) is 0 Å². The molecule has 29 heavy (non-hydrogen) atoms. The normalized spacial score (nSPS) is 10.5. The summed E-state index contributed by atoms with van der Waals surface area (Å²) >= 11 is 0. The number of aromatic amines is 1. The highest BCUT2D eigenvalue weighted by Crippen LogP contribution is 2.33. The van der Waals surface area contributed by atoms with Gasteiger partial charge in [-0.1, -0.05) is 60.7 Å². The van der Waals surface area contributed by atoms with Gasteiger partial charge in [0.15, 0.2) is 0 Å². The lowest BCUT2D eigenvalue weighted by atomic mass is 10.1. The number of nitrogens with one attached hydrogen (secondary N) is 2.